The van der Waals surface area contributed by atoms with Crippen LogP contribution in [0.5, 0.6) is 0 Å². The molecule has 4 aliphatic carbocycles. The quantitative estimate of drug-likeness (QED) is 0.170. The van der Waals surface area contributed by atoms with Crippen LogP contribution in [0.15, 0.2) is 122 Å². The highest BCUT2D eigenvalue weighted by atomic mass is 14.6. The molecule has 6 aromatic rings. The molecule has 0 saturated heterocycles. The summed E-state index contributed by atoms with van der Waals surface area (Å²) in [5.41, 5.74) is 14.7. The Bertz CT molecular complexity index is 1790. The number of hydrogen-bond donors (Lipinski definition) is 0. The molecule has 0 unspecified atom stereocenters. The molecule has 0 aliphatic heterocycles. The normalized spacial score (nSPS) is 13.2. The summed E-state index contributed by atoms with van der Waals surface area (Å²) in [6, 6.07) is 25.9. The summed E-state index contributed by atoms with van der Waals surface area (Å²) >= 11 is 0. The van der Waals surface area contributed by atoms with Gasteiger partial charge in [0.2, 0.25) is 0 Å². The molecule has 4 aromatic heterocycles. The Morgan fingerprint density at radius 1 is 0.333 bits per heavy atom. The maximum Gasteiger partial charge on any atom is 0.0340 e. The van der Waals surface area contributed by atoms with E-state index < -0.39 is 0 Å². The van der Waals surface area contributed by atoms with Crippen molar-refractivity contribution in [3.05, 3.63) is 189 Å². The SMILES string of the molecule is C(=C\c1cc2c(/C=C/c3cccnc3)cc1CCc1cc(/C=C/c3cccnc3)c(cc1/C=C/c1cccnc1)CC2)/c1cccnc1. The van der Waals surface area contributed by atoms with Crippen molar-refractivity contribution in [2.75, 3.05) is 0 Å². The number of pyridine rings is 4. The standard InChI is InChI=1S/C44H36N4/c1-5-33(29-45-21-1)9-13-37-25-42-19-20-44-28-39(15-11-35-7-3-23-47-31-35)43(27-40(44)16-12-36-8-4-24-48-32-36)18-17-41(37)26-38(42)14-10-34-6-2-22-46-30-34/h1-16,21-32H,17-20H2/b13-9+,14-10+,15-11+,16-12+. The molecular weight excluding hydrogens is 585 g/mol. The maximum absolute atomic E-state index is 4.31. The van der Waals surface area contributed by atoms with Gasteiger partial charge < -0.3 is 0 Å². The summed E-state index contributed by atoms with van der Waals surface area (Å²) in [5, 5.41) is 0. The van der Waals surface area contributed by atoms with Crippen molar-refractivity contribution in [3.8, 4) is 0 Å². The third kappa shape index (κ3) is 7.86. The summed E-state index contributed by atoms with van der Waals surface area (Å²) in [4.78, 5) is 17.3. The van der Waals surface area contributed by atoms with Crippen molar-refractivity contribution < 1.29 is 0 Å². The smallest absolute Gasteiger partial charge is 0.0340 e. The van der Waals surface area contributed by atoms with Gasteiger partial charge in [0, 0.05) is 49.6 Å². The Hall–Kier alpha value is -6.00. The van der Waals surface area contributed by atoms with Gasteiger partial charge in [-0.25, -0.2) is 0 Å². The van der Waals surface area contributed by atoms with E-state index in [1.165, 1.54) is 44.5 Å². The second-order valence-corrected chi connectivity index (χ2v) is 12.0. The van der Waals surface area contributed by atoms with Gasteiger partial charge >= 0.3 is 0 Å². The highest BCUT2D eigenvalue weighted by Crippen LogP contribution is 2.30. The zero-order valence-electron chi connectivity index (χ0n) is 26.8. The lowest BCUT2D eigenvalue weighted by Gasteiger charge is -2.19. The summed E-state index contributed by atoms with van der Waals surface area (Å²) in [6.07, 6.45) is 36.2. The van der Waals surface area contributed by atoms with Crippen LogP contribution in [-0.4, -0.2) is 19.9 Å². The molecular formula is C44H36N4. The topological polar surface area (TPSA) is 51.6 Å². The molecule has 0 N–H and O–H groups in total. The zero-order valence-corrected chi connectivity index (χ0v) is 26.8. The fraction of sp³-hybridized carbons (Fsp3) is 0.0909. The van der Waals surface area contributed by atoms with E-state index in [4.69, 9.17) is 0 Å². The first-order valence-electron chi connectivity index (χ1n) is 16.4. The summed E-state index contributed by atoms with van der Waals surface area (Å²) < 4.78 is 0. The molecule has 2 aromatic carbocycles. The van der Waals surface area contributed by atoms with Gasteiger partial charge in [0.25, 0.3) is 0 Å². The van der Waals surface area contributed by atoms with E-state index in [-0.39, 0.29) is 0 Å². The number of benzene rings is 2. The van der Waals surface area contributed by atoms with E-state index in [1.807, 2.05) is 73.8 Å². The van der Waals surface area contributed by atoms with Gasteiger partial charge in [-0.2, -0.15) is 0 Å². The molecule has 0 amide bonds. The lowest BCUT2D eigenvalue weighted by atomic mass is 9.86. The van der Waals surface area contributed by atoms with E-state index in [0.29, 0.717) is 0 Å². The Balaban J connectivity index is 1.32. The predicted molar refractivity (Wildman–Crippen MR) is 200 cm³/mol. The third-order valence-electron chi connectivity index (χ3n) is 8.69. The third-order valence-corrected chi connectivity index (χ3v) is 8.69. The van der Waals surface area contributed by atoms with Crippen LogP contribution < -0.4 is 0 Å². The number of nitrogens with zero attached hydrogens (tertiary/aromatic N) is 4. The van der Waals surface area contributed by atoms with Crippen LogP contribution >= 0.6 is 0 Å². The van der Waals surface area contributed by atoms with E-state index in [9.17, 15) is 0 Å². The van der Waals surface area contributed by atoms with E-state index in [0.717, 1.165) is 47.9 Å². The fourth-order valence-electron chi connectivity index (χ4n) is 6.12. The molecule has 4 heterocycles. The Labute approximate surface area is 282 Å². The van der Waals surface area contributed by atoms with Crippen molar-refractivity contribution in [2.24, 2.45) is 0 Å². The molecule has 10 rings (SSSR count). The van der Waals surface area contributed by atoms with Crippen LogP contribution in [0.25, 0.3) is 48.6 Å². The number of rotatable bonds is 8. The highest BCUT2D eigenvalue weighted by molar-refractivity contribution is 5.78. The van der Waals surface area contributed by atoms with Crippen molar-refractivity contribution in [1.29, 1.82) is 0 Å². The Kier molecular flexibility index (Phi) is 9.61. The molecule has 0 atom stereocenters. The molecule has 4 aliphatic rings. The van der Waals surface area contributed by atoms with Gasteiger partial charge in [0.15, 0.2) is 0 Å². The molecule has 0 spiro atoms. The van der Waals surface area contributed by atoms with Crippen LogP contribution in [-0.2, 0) is 25.7 Å². The van der Waals surface area contributed by atoms with Gasteiger partial charge in [-0.1, -0.05) is 97.1 Å². The predicted octanol–water partition coefficient (Wildman–Crippen LogP) is 9.83. The largest absolute Gasteiger partial charge is 0.264 e. The first-order chi connectivity index (χ1) is 23.8. The number of aromatic nitrogens is 4. The van der Waals surface area contributed by atoms with Crippen molar-refractivity contribution >= 4 is 48.6 Å². The fourth-order valence-corrected chi connectivity index (χ4v) is 6.12. The molecule has 0 radical (unpaired) electrons. The lowest BCUT2D eigenvalue weighted by molar-refractivity contribution is 0.912. The summed E-state index contributed by atoms with van der Waals surface area (Å²) in [5.74, 6) is 0. The monoisotopic (exact) mass is 620 g/mol. The van der Waals surface area contributed by atoms with Crippen molar-refractivity contribution in [2.45, 2.75) is 25.7 Å². The average molecular weight is 621 g/mol. The van der Waals surface area contributed by atoms with Gasteiger partial charge in [-0.3, -0.25) is 19.9 Å². The highest BCUT2D eigenvalue weighted by Gasteiger charge is 2.14. The van der Waals surface area contributed by atoms with Crippen LogP contribution in [0.3, 0.4) is 0 Å². The second-order valence-electron chi connectivity index (χ2n) is 12.0. The van der Waals surface area contributed by atoms with E-state index in [1.54, 1.807) is 0 Å². The van der Waals surface area contributed by atoms with Crippen molar-refractivity contribution in [1.82, 2.24) is 19.9 Å². The second kappa shape index (κ2) is 15.1. The summed E-state index contributed by atoms with van der Waals surface area (Å²) in [7, 11) is 0. The van der Waals surface area contributed by atoms with Gasteiger partial charge in [-0.15, -0.1) is 0 Å². The van der Waals surface area contributed by atoms with Crippen LogP contribution in [0.2, 0.25) is 0 Å². The maximum atomic E-state index is 4.31. The molecule has 0 saturated carbocycles. The Morgan fingerprint density at radius 3 is 0.792 bits per heavy atom. The molecule has 4 heteroatoms. The molecule has 0 fully saturated rings. The molecule has 232 valence electrons. The van der Waals surface area contributed by atoms with Gasteiger partial charge in [0.05, 0.1) is 0 Å². The van der Waals surface area contributed by atoms with E-state index >= 15 is 0 Å². The first kappa shape index (κ1) is 30.6. The van der Waals surface area contributed by atoms with Crippen LogP contribution in [0.4, 0.5) is 0 Å². The first-order valence-corrected chi connectivity index (χ1v) is 16.4. The summed E-state index contributed by atoms with van der Waals surface area (Å²) in [6.45, 7) is 0. The van der Waals surface area contributed by atoms with Crippen LogP contribution in [0.1, 0.15) is 66.8 Å². The Morgan fingerprint density at radius 2 is 0.583 bits per heavy atom. The van der Waals surface area contributed by atoms with E-state index in [2.05, 4.69) is 117 Å². The number of hydrogen-bond acceptors (Lipinski definition) is 4. The van der Waals surface area contributed by atoms with Gasteiger partial charge in [-0.05, 0) is 117 Å². The lowest BCUT2D eigenvalue weighted by Crippen LogP contribution is -2.05. The molecule has 48 heavy (non-hydrogen) atoms. The van der Waals surface area contributed by atoms with Gasteiger partial charge in [0.1, 0.15) is 0 Å². The molecule has 4 bridgehead atoms. The number of aryl methyl sites for hydroxylation is 4. The minimum atomic E-state index is 0.902. The molecule has 4 nitrogen and oxygen atoms in total. The minimum Gasteiger partial charge on any atom is -0.264 e. The van der Waals surface area contributed by atoms with Crippen molar-refractivity contribution in [3.63, 3.8) is 0 Å². The van der Waals surface area contributed by atoms with Crippen LogP contribution in [0, 0.1) is 0 Å². The zero-order chi connectivity index (χ0) is 32.4. The minimum absolute atomic E-state index is 0.902. The average Bonchev–Trinajstić information content (AvgIpc) is 3.14.